The Kier molecular flexibility index (Phi) is 6.05. The molecule has 18 heavy (non-hydrogen) atoms. The van der Waals surface area contributed by atoms with Crippen molar-refractivity contribution in [3.05, 3.63) is 17.9 Å². The lowest BCUT2D eigenvalue weighted by molar-refractivity contribution is 0.0892. The van der Waals surface area contributed by atoms with Crippen molar-refractivity contribution in [1.29, 1.82) is 0 Å². The first-order chi connectivity index (χ1) is 8.19. The Labute approximate surface area is 117 Å². The van der Waals surface area contributed by atoms with Gasteiger partial charge in [0.15, 0.2) is 10.9 Å². The zero-order valence-electron chi connectivity index (χ0n) is 10.3. The van der Waals surface area contributed by atoms with Crippen LogP contribution >= 0.6 is 24.2 Å². The SMILES string of the molecule is CSc1ccc(C(=O)NC2CCC(N)CC2)o1.Cl. The highest BCUT2D eigenvalue weighted by Gasteiger charge is 2.21. The van der Waals surface area contributed by atoms with E-state index in [0.29, 0.717) is 11.8 Å². The fraction of sp³-hybridized carbons (Fsp3) is 0.583. The maximum absolute atomic E-state index is 11.9. The summed E-state index contributed by atoms with van der Waals surface area (Å²) in [6.45, 7) is 0. The Hall–Kier alpha value is -0.650. The van der Waals surface area contributed by atoms with Gasteiger partial charge in [0.1, 0.15) is 0 Å². The van der Waals surface area contributed by atoms with Crippen molar-refractivity contribution in [2.24, 2.45) is 5.73 Å². The van der Waals surface area contributed by atoms with Crippen LogP contribution in [0.3, 0.4) is 0 Å². The van der Waals surface area contributed by atoms with Crippen molar-refractivity contribution >= 4 is 30.1 Å². The average Bonchev–Trinajstić information content (AvgIpc) is 2.81. The van der Waals surface area contributed by atoms with Crippen molar-refractivity contribution in [3.63, 3.8) is 0 Å². The molecule has 0 unspecified atom stereocenters. The molecule has 0 atom stereocenters. The highest BCUT2D eigenvalue weighted by Crippen LogP contribution is 2.20. The maximum atomic E-state index is 11.9. The van der Waals surface area contributed by atoms with Crippen LogP contribution in [0.4, 0.5) is 0 Å². The Morgan fingerprint density at radius 3 is 2.61 bits per heavy atom. The summed E-state index contributed by atoms with van der Waals surface area (Å²) in [5, 5.41) is 3.76. The van der Waals surface area contributed by atoms with Gasteiger partial charge >= 0.3 is 0 Å². The Bertz CT molecular complexity index is 389. The Morgan fingerprint density at radius 2 is 2.06 bits per heavy atom. The number of thioether (sulfide) groups is 1. The maximum Gasteiger partial charge on any atom is 0.287 e. The summed E-state index contributed by atoms with van der Waals surface area (Å²) in [6.07, 6.45) is 5.81. The van der Waals surface area contributed by atoms with Crippen molar-refractivity contribution in [1.82, 2.24) is 5.32 Å². The van der Waals surface area contributed by atoms with E-state index in [2.05, 4.69) is 5.32 Å². The highest BCUT2D eigenvalue weighted by atomic mass is 35.5. The topological polar surface area (TPSA) is 68.3 Å². The Morgan fingerprint density at radius 1 is 1.39 bits per heavy atom. The fourth-order valence-electron chi connectivity index (χ4n) is 2.07. The van der Waals surface area contributed by atoms with Crippen molar-refractivity contribution in [2.45, 2.75) is 42.9 Å². The van der Waals surface area contributed by atoms with Crippen LogP contribution in [0.15, 0.2) is 21.6 Å². The van der Waals surface area contributed by atoms with Crippen LogP contribution in [-0.4, -0.2) is 24.2 Å². The number of carbonyl (C=O) groups is 1. The normalized spacial score (nSPS) is 23.2. The summed E-state index contributed by atoms with van der Waals surface area (Å²) >= 11 is 1.49. The minimum Gasteiger partial charge on any atom is -0.445 e. The first-order valence-electron chi connectivity index (χ1n) is 5.89. The lowest BCUT2D eigenvalue weighted by Crippen LogP contribution is -2.40. The zero-order chi connectivity index (χ0) is 12.3. The van der Waals surface area contributed by atoms with E-state index in [1.165, 1.54) is 11.8 Å². The van der Waals surface area contributed by atoms with Crippen LogP contribution in [0.5, 0.6) is 0 Å². The van der Waals surface area contributed by atoms with Gasteiger partial charge in [-0.25, -0.2) is 0 Å². The van der Waals surface area contributed by atoms with Crippen molar-refractivity contribution in [3.8, 4) is 0 Å². The third-order valence-corrected chi connectivity index (χ3v) is 3.74. The van der Waals surface area contributed by atoms with Gasteiger partial charge in [-0.2, -0.15) is 0 Å². The summed E-state index contributed by atoms with van der Waals surface area (Å²) in [6, 6.07) is 4.08. The van der Waals surface area contributed by atoms with Crippen LogP contribution in [0.1, 0.15) is 36.2 Å². The first-order valence-corrected chi connectivity index (χ1v) is 7.12. The molecule has 2 rings (SSSR count). The van der Waals surface area contributed by atoms with Gasteiger partial charge < -0.3 is 15.5 Å². The second-order valence-corrected chi connectivity index (χ2v) is 5.22. The smallest absolute Gasteiger partial charge is 0.287 e. The van der Waals surface area contributed by atoms with Crippen molar-refractivity contribution in [2.75, 3.05) is 6.26 Å². The van der Waals surface area contributed by atoms with E-state index in [-0.39, 0.29) is 24.4 Å². The molecule has 1 amide bonds. The number of halogens is 1. The van der Waals surface area contributed by atoms with E-state index in [4.69, 9.17) is 10.2 Å². The molecule has 0 aromatic carbocycles. The summed E-state index contributed by atoms with van der Waals surface area (Å²) in [5.74, 6) is 0.273. The molecule has 6 heteroatoms. The molecular weight excluding hydrogens is 272 g/mol. The fourth-order valence-corrected chi connectivity index (χ4v) is 2.45. The quantitative estimate of drug-likeness (QED) is 0.839. The molecule has 1 saturated carbocycles. The largest absolute Gasteiger partial charge is 0.445 e. The molecule has 1 aromatic rings. The number of amides is 1. The monoisotopic (exact) mass is 290 g/mol. The third kappa shape index (κ3) is 3.93. The summed E-state index contributed by atoms with van der Waals surface area (Å²) < 4.78 is 5.38. The van der Waals surface area contributed by atoms with E-state index < -0.39 is 0 Å². The predicted octanol–water partition coefficient (Wildman–Crippen LogP) is 2.42. The lowest BCUT2D eigenvalue weighted by atomic mass is 9.92. The van der Waals surface area contributed by atoms with E-state index in [0.717, 1.165) is 30.8 Å². The molecular formula is C12H19ClN2O2S. The predicted molar refractivity (Wildman–Crippen MR) is 75.4 cm³/mol. The van der Waals surface area contributed by atoms with Gasteiger partial charge in [0.05, 0.1) is 0 Å². The number of nitrogens with two attached hydrogens (primary N) is 1. The highest BCUT2D eigenvalue weighted by molar-refractivity contribution is 7.98. The molecule has 1 heterocycles. The molecule has 0 spiro atoms. The Balaban J connectivity index is 0.00000162. The van der Waals surface area contributed by atoms with Crippen molar-refractivity contribution < 1.29 is 9.21 Å². The molecule has 0 radical (unpaired) electrons. The van der Waals surface area contributed by atoms with Gasteiger partial charge in [-0.1, -0.05) is 11.8 Å². The van der Waals surface area contributed by atoms with Gasteiger partial charge in [0.25, 0.3) is 5.91 Å². The van der Waals surface area contributed by atoms with Gasteiger partial charge in [-0.05, 0) is 44.1 Å². The zero-order valence-corrected chi connectivity index (χ0v) is 12.0. The molecule has 102 valence electrons. The van der Waals surface area contributed by atoms with Crippen LogP contribution < -0.4 is 11.1 Å². The van der Waals surface area contributed by atoms with Gasteiger partial charge in [-0.3, -0.25) is 4.79 Å². The lowest BCUT2D eigenvalue weighted by Gasteiger charge is -2.26. The van der Waals surface area contributed by atoms with E-state index in [1.807, 2.05) is 12.3 Å². The number of rotatable bonds is 3. The van der Waals surface area contributed by atoms with Crippen LogP contribution in [0.25, 0.3) is 0 Å². The molecule has 1 fully saturated rings. The number of hydrogen-bond acceptors (Lipinski definition) is 4. The molecule has 0 bridgehead atoms. The molecule has 3 N–H and O–H groups in total. The molecule has 0 saturated heterocycles. The minimum absolute atomic E-state index is 0. The second kappa shape index (κ2) is 7.07. The molecule has 1 aliphatic carbocycles. The summed E-state index contributed by atoms with van der Waals surface area (Å²) in [5.41, 5.74) is 5.83. The molecule has 1 aliphatic rings. The third-order valence-electron chi connectivity index (χ3n) is 3.11. The molecule has 0 aliphatic heterocycles. The summed E-state index contributed by atoms with van der Waals surface area (Å²) in [4.78, 5) is 11.9. The van der Waals surface area contributed by atoms with E-state index >= 15 is 0 Å². The second-order valence-electron chi connectivity index (χ2n) is 4.41. The summed E-state index contributed by atoms with van der Waals surface area (Å²) in [7, 11) is 0. The van der Waals surface area contributed by atoms with Gasteiger partial charge in [0, 0.05) is 12.1 Å². The number of nitrogens with one attached hydrogen (secondary N) is 1. The average molecular weight is 291 g/mol. The van der Waals surface area contributed by atoms with Crippen LogP contribution in [-0.2, 0) is 0 Å². The van der Waals surface area contributed by atoms with E-state index in [9.17, 15) is 4.79 Å². The molecule has 1 aromatic heterocycles. The number of furan rings is 1. The molecule has 4 nitrogen and oxygen atoms in total. The van der Waals surface area contributed by atoms with Gasteiger partial charge in [-0.15, -0.1) is 12.4 Å². The number of carbonyl (C=O) groups excluding carboxylic acids is 1. The van der Waals surface area contributed by atoms with E-state index in [1.54, 1.807) is 6.07 Å². The van der Waals surface area contributed by atoms with Crippen LogP contribution in [0.2, 0.25) is 0 Å². The number of hydrogen-bond donors (Lipinski definition) is 2. The standard InChI is InChI=1S/C12H18N2O2S.ClH/c1-17-11-7-6-10(16-11)12(15)14-9-4-2-8(13)3-5-9;/h6-9H,2-5,13H2,1H3,(H,14,15);1H. The minimum atomic E-state index is -0.120. The first kappa shape index (κ1) is 15.4. The van der Waals surface area contributed by atoms with Gasteiger partial charge in [0.2, 0.25) is 0 Å². The van der Waals surface area contributed by atoms with Crippen LogP contribution in [0, 0.1) is 0 Å².